The number of piperazine rings is 1. The third-order valence-corrected chi connectivity index (χ3v) is 5.21. The van der Waals surface area contributed by atoms with Crippen LogP contribution in [0.4, 0.5) is 5.69 Å². The lowest BCUT2D eigenvalue weighted by molar-refractivity contribution is 0.144. The predicted octanol–water partition coefficient (Wildman–Crippen LogP) is 0.363. The monoisotopic (exact) mass is 313 g/mol. The second-order valence-electron chi connectivity index (χ2n) is 5.00. The number of methoxy groups -OCH3 is 1. The highest BCUT2D eigenvalue weighted by atomic mass is 32.2. The molecule has 0 saturated carbocycles. The quantitative estimate of drug-likeness (QED) is 0.822. The van der Waals surface area contributed by atoms with Crippen LogP contribution in [0.3, 0.4) is 0 Å². The standard InChI is InChI=1S/C14H23N3O3S/c1-15-21(18,19)14-6-4-3-5-13(14)17-9-7-16(8-10-17)11-12-20-2/h3-6,15H,7-12H2,1-2H3. The van der Waals surface area contributed by atoms with Gasteiger partial charge in [0.15, 0.2) is 0 Å². The predicted molar refractivity (Wildman–Crippen MR) is 83.2 cm³/mol. The molecule has 2 rings (SSSR count). The van der Waals surface area contributed by atoms with Crippen LogP contribution in [0.5, 0.6) is 0 Å². The lowest BCUT2D eigenvalue weighted by Gasteiger charge is -2.36. The van der Waals surface area contributed by atoms with Gasteiger partial charge in [-0.3, -0.25) is 4.90 Å². The van der Waals surface area contributed by atoms with Crippen LogP contribution in [0.15, 0.2) is 29.2 Å². The van der Waals surface area contributed by atoms with Crippen molar-refractivity contribution in [2.45, 2.75) is 4.90 Å². The molecule has 1 heterocycles. The van der Waals surface area contributed by atoms with Crippen LogP contribution in [0, 0.1) is 0 Å². The fraction of sp³-hybridized carbons (Fsp3) is 0.571. The van der Waals surface area contributed by atoms with Crippen LogP contribution in [-0.2, 0) is 14.8 Å². The maximum absolute atomic E-state index is 12.1. The zero-order chi connectivity index (χ0) is 15.3. The average Bonchev–Trinajstić information content (AvgIpc) is 2.53. The van der Waals surface area contributed by atoms with Gasteiger partial charge in [-0.15, -0.1) is 0 Å². The van der Waals surface area contributed by atoms with Crippen molar-refractivity contribution < 1.29 is 13.2 Å². The number of hydrogen-bond acceptors (Lipinski definition) is 5. The lowest BCUT2D eigenvalue weighted by Crippen LogP contribution is -2.47. The zero-order valence-corrected chi connectivity index (χ0v) is 13.4. The van der Waals surface area contributed by atoms with Crippen molar-refractivity contribution in [2.75, 3.05) is 58.4 Å². The van der Waals surface area contributed by atoms with Crippen molar-refractivity contribution in [2.24, 2.45) is 0 Å². The van der Waals surface area contributed by atoms with E-state index in [2.05, 4.69) is 14.5 Å². The number of para-hydroxylation sites is 1. The minimum absolute atomic E-state index is 0.345. The van der Waals surface area contributed by atoms with Crippen LogP contribution in [-0.4, -0.2) is 66.8 Å². The maximum atomic E-state index is 12.1. The Morgan fingerprint density at radius 2 is 1.86 bits per heavy atom. The highest BCUT2D eigenvalue weighted by Gasteiger charge is 2.23. The fourth-order valence-corrected chi connectivity index (χ4v) is 3.44. The molecule has 0 bridgehead atoms. The molecule has 1 fully saturated rings. The van der Waals surface area contributed by atoms with Gasteiger partial charge >= 0.3 is 0 Å². The number of rotatable bonds is 6. The van der Waals surface area contributed by atoms with Gasteiger partial charge < -0.3 is 9.64 Å². The molecule has 0 unspecified atom stereocenters. The minimum atomic E-state index is -3.43. The van der Waals surface area contributed by atoms with E-state index in [1.807, 2.05) is 12.1 Å². The highest BCUT2D eigenvalue weighted by Crippen LogP contribution is 2.25. The maximum Gasteiger partial charge on any atom is 0.242 e. The number of hydrogen-bond donors (Lipinski definition) is 1. The largest absolute Gasteiger partial charge is 0.383 e. The first-order valence-electron chi connectivity index (χ1n) is 7.07. The Labute approximate surface area is 126 Å². The number of nitrogens with zero attached hydrogens (tertiary/aromatic N) is 2. The third-order valence-electron chi connectivity index (χ3n) is 3.75. The molecule has 118 valence electrons. The second-order valence-corrected chi connectivity index (χ2v) is 6.85. The molecule has 1 aromatic carbocycles. The summed E-state index contributed by atoms with van der Waals surface area (Å²) in [4.78, 5) is 4.81. The van der Waals surface area contributed by atoms with E-state index in [1.54, 1.807) is 19.2 Å². The van der Waals surface area contributed by atoms with Gasteiger partial charge in [0.05, 0.1) is 12.3 Å². The average molecular weight is 313 g/mol. The molecular weight excluding hydrogens is 290 g/mol. The topological polar surface area (TPSA) is 61.9 Å². The summed E-state index contributed by atoms with van der Waals surface area (Å²) in [5.74, 6) is 0. The van der Waals surface area contributed by atoms with E-state index in [4.69, 9.17) is 4.74 Å². The van der Waals surface area contributed by atoms with Crippen molar-refractivity contribution in [1.29, 1.82) is 0 Å². The Morgan fingerprint density at radius 3 is 2.48 bits per heavy atom. The van der Waals surface area contributed by atoms with Crippen LogP contribution < -0.4 is 9.62 Å². The normalized spacial score (nSPS) is 17.1. The lowest BCUT2D eigenvalue weighted by atomic mass is 10.2. The molecule has 0 atom stereocenters. The Morgan fingerprint density at radius 1 is 1.19 bits per heavy atom. The van der Waals surface area contributed by atoms with Crippen molar-refractivity contribution in [3.8, 4) is 0 Å². The van der Waals surface area contributed by atoms with Crippen molar-refractivity contribution in [3.63, 3.8) is 0 Å². The number of ether oxygens (including phenoxy) is 1. The molecule has 0 aromatic heterocycles. The van der Waals surface area contributed by atoms with Gasteiger partial charge in [0.2, 0.25) is 10.0 Å². The van der Waals surface area contributed by atoms with Crippen LogP contribution in [0.1, 0.15) is 0 Å². The molecule has 0 amide bonds. The molecular formula is C14H23N3O3S. The van der Waals surface area contributed by atoms with E-state index in [-0.39, 0.29) is 0 Å². The highest BCUT2D eigenvalue weighted by molar-refractivity contribution is 7.89. The van der Waals surface area contributed by atoms with E-state index in [1.165, 1.54) is 7.05 Å². The summed E-state index contributed by atoms with van der Waals surface area (Å²) in [5.41, 5.74) is 0.776. The number of benzene rings is 1. The third kappa shape index (κ3) is 3.94. The van der Waals surface area contributed by atoms with Gasteiger partial charge in [-0.05, 0) is 19.2 Å². The molecule has 7 heteroatoms. The Bertz CT molecular complexity index is 554. The molecule has 1 aliphatic rings. The van der Waals surface area contributed by atoms with Gasteiger partial charge in [0.1, 0.15) is 4.90 Å². The van der Waals surface area contributed by atoms with E-state index in [0.29, 0.717) is 4.90 Å². The van der Waals surface area contributed by atoms with Gasteiger partial charge in [-0.1, -0.05) is 12.1 Å². The van der Waals surface area contributed by atoms with Crippen molar-refractivity contribution in [1.82, 2.24) is 9.62 Å². The number of anilines is 1. The Hall–Kier alpha value is -1.15. The SMILES string of the molecule is CNS(=O)(=O)c1ccccc1N1CCN(CCOC)CC1. The minimum Gasteiger partial charge on any atom is -0.383 e. The molecule has 1 N–H and O–H groups in total. The van der Waals surface area contributed by atoms with Crippen LogP contribution >= 0.6 is 0 Å². The van der Waals surface area contributed by atoms with Gasteiger partial charge in [0.25, 0.3) is 0 Å². The Kier molecular flexibility index (Phi) is 5.58. The van der Waals surface area contributed by atoms with Gasteiger partial charge in [-0.2, -0.15) is 0 Å². The van der Waals surface area contributed by atoms with Crippen molar-refractivity contribution >= 4 is 15.7 Å². The molecule has 1 aliphatic heterocycles. The van der Waals surface area contributed by atoms with E-state index in [9.17, 15) is 8.42 Å². The molecule has 0 radical (unpaired) electrons. The zero-order valence-electron chi connectivity index (χ0n) is 12.6. The summed E-state index contributed by atoms with van der Waals surface area (Å²) in [6, 6.07) is 7.15. The first-order chi connectivity index (χ1) is 10.1. The summed E-state index contributed by atoms with van der Waals surface area (Å²) in [6.07, 6.45) is 0. The van der Waals surface area contributed by atoms with Crippen molar-refractivity contribution in [3.05, 3.63) is 24.3 Å². The van der Waals surface area contributed by atoms with E-state index in [0.717, 1.165) is 45.0 Å². The van der Waals surface area contributed by atoms with Gasteiger partial charge in [0, 0.05) is 39.8 Å². The number of nitrogens with one attached hydrogen (secondary N) is 1. The molecule has 1 aromatic rings. The molecule has 0 spiro atoms. The van der Waals surface area contributed by atoms with Crippen LogP contribution in [0.2, 0.25) is 0 Å². The summed E-state index contributed by atoms with van der Waals surface area (Å²) in [7, 11) is -0.288. The summed E-state index contributed by atoms with van der Waals surface area (Å²) in [5, 5.41) is 0. The smallest absolute Gasteiger partial charge is 0.242 e. The molecule has 0 aliphatic carbocycles. The van der Waals surface area contributed by atoms with E-state index < -0.39 is 10.0 Å². The molecule has 6 nitrogen and oxygen atoms in total. The fourth-order valence-electron chi connectivity index (χ4n) is 2.49. The number of sulfonamides is 1. The van der Waals surface area contributed by atoms with E-state index >= 15 is 0 Å². The van der Waals surface area contributed by atoms with Gasteiger partial charge in [-0.25, -0.2) is 13.1 Å². The summed E-state index contributed by atoms with van der Waals surface area (Å²) < 4.78 is 31.7. The first kappa shape index (κ1) is 16.2. The van der Waals surface area contributed by atoms with Crippen LogP contribution in [0.25, 0.3) is 0 Å². The molecule has 1 saturated heterocycles. The summed E-state index contributed by atoms with van der Waals surface area (Å²) >= 11 is 0. The molecule has 21 heavy (non-hydrogen) atoms. The summed E-state index contributed by atoms with van der Waals surface area (Å²) in [6.45, 7) is 5.11. The first-order valence-corrected chi connectivity index (χ1v) is 8.55. The Balaban J connectivity index is 2.11. The second kappa shape index (κ2) is 7.22.